The lowest BCUT2D eigenvalue weighted by molar-refractivity contribution is -0.139. The van der Waals surface area contributed by atoms with Gasteiger partial charge in [0.15, 0.2) is 0 Å². The van der Waals surface area contributed by atoms with Crippen molar-refractivity contribution in [1.29, 1.82) is 0 Å². The third-order valence-electron chi connectivity index (χ3n) is 2.25. The molecule has 0 heterocycles. The first-order valence-electron chi connectivity index (χ1n) is 5.05. The Hall–Kier alpha value is 0.350. The second-order valence-electron chi connectivity index (χ2n) is 3.52. The highest BCUT2D eigenvalue weighted by Gasteiger charge is 2.20. The van der Waals surface area contributed by atoms with Crippen molar-refractivity contribution in [3.63, 3.8) is 0 Å². The number of hydrogen-bond acceptors (Lipinski definition) is 2. The molecule has 1 atom stereocenters. The van der Waals surface area contributed by atoms with E-state index in [2.05, 4.69) is 73.1 Å². The highest BCUT2D eigenvalue weighted by atomic mass is 127. The van der Waals surface area contributed by atoms with Crippen molar-refractivity contribution in [3.8, 4) is 0 Å². The molecule has 7 heteroatoms. The number of carbonyl (C=O) groups is 2. The first kappa shape index (κ1) is 16.4. The summed E-state index contributed by atoms with van der Waals surface area (Å²) >= 11 is 6.38. The summed E-state index contributed by atoms with van der Waals surface area (Å²) in [5, 5.41) is 11.5. The number of amides is 1. The van der Waals surface area contributed by atoms with E-state index in [1.807, 2.05) is 6.07 Å². The van der Waals surface area contributed by atoms with Crippen molar-refractivity contribution in [2.75, 3.05) is 0 Å². The van der Waals surface area contributed by atoms with Crippen LogP contribution in [0.15, 0.2) is 12.1 Å². The Morgan fingerprint density at radius 2 is 1.94 bits per heavy atom. The Morgan fingerprint density at radius 1 is 1.33 bits per heavy atom. The summed E-state index contributed by atoms with van der Waals surface area (Å²) in [5.74, 6) is -1.36. The minimum atomic E-state index is -1.01. The van der Waals surface area contributed by atoms with Gasteiger partial charge in [-0.3, -0.25) is 4.79 Å². The molecule has 98 valence electrons. The van der Waals surface area contributed by atoms with Crippen LogP contribution in [0.1, 0.15) is 23.7 Å². The Balaban J connectivity index is 3.01. The first-order chi connectivity index (χ1) is 8.36. The third-order valence-corrected chi connectivity index (χ3v) is 5.92. The van der Waals surface area contributed by atoms with E-state index >= 15 is 0 Å². The minimum Gasteiger partial charge on any atom is -0.480 e. The van der Waals surface area contributed by atoms with Gasteiger partial charge in [-0.2, -0.15) is 0 Å². The predicted octanol–water partition coefficient (Wildman–Crippen LogP) is 3.09. The molecule has 0 saturated heterocycles. The van der Waals surface area contributed by atoms with Gasteiger partial charge in [-0.1, -0.05) is 6.92 Å². The second kappa shape index (κ2) is 7.22. The summed E-state index contributed by atoms with van der Waals surface area (Å²) < 4.78 is 2.77. The smallest absolute Gasteiger partial charge is 0.326 e. The fourth-order valence-corrected chi connectivity index (χ4v) is 3.70. The summed E-state index contributed by atoms with van der Waals surface area (Å²) in [4.78, 5) is 23.0. The van der Waals surface area contributed by atoms with Crippen LogP contribution in [0.25, 0.3) is 0 Å². The molecule has 0 aromatic heterocycles. The molecule has 0 saturated carbocycles. The van der Waals surface area contributed by atoms with Gasteiger partial charge in [-0.15, -0.1) is 0 Å². The largest absolute Gasteiger partial charge is 0.480 e. The molecule has 1 aromatic carbocycles. The molecule has 0 bridgehead atoms. The molecule has 1 amide bonds. The van der Waals surface area contributed by atoms with Gasteiger partial charge in [-0.05, 0) is 86.3 Å². The van der Waals surface area contributed by atoms with Crippen molar-refractivity contribution in [2.24, 2.45) is 0 Å². The van der Waals surface area contributed by atoms with E-state index in [1.165, 1.54) is 0 Å². The zero-order valence-corrected chi connectivity index (χ0v) is 15.8. The van der Waals surface area contributed by atoms with E-state index in [1.54, 1.807) is 13.0 Å². The van der Waals surface area contributed by atoms with Crippen LogP contribution in [0.5, 0.6) is 0 Å². The van der Waals surface area contributed by atoms with Crippen molar-refractivity contribution in [3.05, 3.63) is 28.4 Å². The van der Waals surface area contributed by atoms with E-state index in [0.29, 0.717) is 12.0 Å². The molecule has 1 rings (SSSR count). The number of rotatable bonds is 4. The first-order valence-corrected chi connectivity index (χ1v) is 8.28. The maximum Gasteiger partial charge on any atom is 0.326 e. The van der Waals surface area contributed by atoms with Crippen molar-refractivity contribution < 1.29 is 14.7 Å². The average Bonchev–Trinajstić information content (AvgIpc) is 2.29. The maximum atomic E-state index is 12.1. The molecule has 4 nitrogen and oxygen atoms in total. The fourth-order valence-electron chi connectivity index (χ4n) is 1.30. The standard InChI is InChI=1S/C11H10I3NO3/c1-2-8(11(17)18)15-10(16)6-3-5(12)4-7(13)9(6)14/h3-4,8H,2H2,1H3,(H,15,16)(H,17,18)/t8-/m1/s1. The number of benzene rings is 1. The molecule has 0 aliphatic rings. The number of carboxylic acid groups (broad SMARTS) is 1. The highest BCUT2D eigenvalue weighted by molar-refractivity contribution is 14.1. The molecular weight excluding hydrogens is 575 g/mol. The van der Waals surface area contributed by atoms with Gasteiger partial charge in [0.25, 0.3) is 5.91 Å². The molecule has 18 heavy (non-hydrogen) atoms. The number of hydrogen-bond donors (Lipinski definition) is 2. The second-order valence-corrected chi connectivity index (χ2v) is 7.01. The van der Waals surface area contributed by atoms with Gasteiger partial charge in [0.1, 0.15) is 6.04 Å². The Bertz CT molecular complexity index is 491. The van der Waals surface area contributed by atoms with Crippen LogP contribution in [-0.2, 0) is 4.79 Å². The van der Waals surface area contributed by atoms with Crippen molar-refractivity contribution >= 4 is 79.6 Å². The van der Waals surface area contributed by atoms with Crippen LogP contribution < -0.4 is 5.32 Å². The van der Waals surface area contributed by atoms with Crippen molar-refractivity contribution in [1.82, 2.24) is 5.32 Å². The van der Waals surface area contributed by atoms with E-state index < -0.39 is 12.0 Å². The van der Waals surface area contributed by atoms with Crippen LogP contribution in [-0.4, -0.2) is 23.0 Å². The summed E-state index contributed by atoms with van der Waals surface area (Å²) in [7, 11) is 0. The molecule has 0 fully saturated rings. The number of nitrogens with one attached hydrogen (secondary N) is 1. The molecule has 1 aromatic rings. The molecule has 0 radical (unpaired) electrons. The fraction of sp³-hybridized carbons (Fsp3) is 0.273. The molecule has 0 unspecified atom stereocenters. The van der Waals surface area contributed by atoms with Gasteiger partial charge in [-0.25, -0.2) is 4.79 Å². The topological polar surface area (TPSA) is 66.4 Å². The summed E-state index contributed by atoms with van der Waals surface area (Å²) in [6.07, 6.45) is 0.360. The van der Waals surface area contributed by atoms with Crippen LogP contribution >= 0.6 is 67.8 Å². The predicted molar refractivity (Wildman–Crippen MR) is 93.8 cm³/mol. The Morgan fingerprint density at radius 3 is 2.44 bits per heavy atom. The van der Waals surface area contributed by atoms with Gasteiger partial charge >= 0.3 is 5.97 Å². The van der Waals surface area contributed by atoms with Crippen LogP contribution in [0.4, 0.5) is 0 Å². The normalized spacial score (nSPS) is 12.0. The quantitative estimate of drug-likeness (QED) is 0.422. The lowest BCUT2D eigenvalue weighted by Crippen LogP contribution is -2.40. The maximum absolute atomic E-state index is 12.1. The lowest BCUT2D eigenvalue weighted by Gasteiger charge is -2.13. The van der Waals surface area contributed by atoms with E-state index in [4.69, 9.17) is 5.11 Å². The Labute approximate surface area is 146 Å². The van der Waals surface area contributed by atoms with Gasteiger partial charge in [0, 0.05) is 10.7 Å². The van der Waals surface area contributed by atoms with Gasteiger partial charge in [0.05, 0.1) is 5.56 Å². The van der Waals surface area contributed by atoms with E-state index in [9.17, 15) is 9.59 Å². The van der Waals surface area contributed by atoms with Crippen LogP contribution in [0, 0.1) is 10.7 Å². The SMILES string of the molecule is CC[C@@H](NC(=O)c1cc(I)cc(I)c1I)C(=O)O. The number of carbonyl (C=O) groups excluding carboxylic acids is 1. The zero-order valence-electron chi connectivity index (χ0n) is 9.34. The van der Waals surface area contributed by atoms with E-state index in [0.717, 1.165) is 10.7 Å². The number of carboxylic acids is 1. The summed E-state index contributed by atoms with van der Waals surface area (Å²) in [6, 6.07) is 2.88. The lowest BCUT2D eigenvalue weighted by atomic mass is 10.1. The third kappa shape index (κ3) is 4.18. The monoisotopic (exact) mass is 585 g/mol. The van der Waals surface area contributed by atoms with Gasteiger partial charge in [0.2, 0.25) is 0 Å². The molecular formula is C11H10I3NO3. The molecule has 0 aliphatic heterocycles. The van der Waals surface area contributed by atoms with Crippen LogP contribution in [0.2, 0.25) is 0 Å². The molecule has 0 spiro atoms. The summed E-state index contributed by atoms with van der Waals surface area (Å²) in [6.45, 7) is 1.72. The van der Waals surface area contributed by atoms with Crippen LogP contribution in [0.3, 0.4) is 0 Å². The number of halogens is 3. The average molecular weight is 585 g/mol. The molecule has 0 aliphatic carbocycles. The summed E-state index contributed by atoms with van der Waals surface area (Å²) in [5.41, 5.74) is 0.520. The Kier molecular flexibility index (Phi) is 6.58. The molecule has 2 N–H and O–H groups in total. The zero-order chi connectivity index (χ0) is 13.9. The van der Waals surface area contributed by atoms with Crippen molar-refractivity contribution in [2.45, 2.75) is 19.4 Å². The number of aliphatic carboxylic acids is 1. The minimum absolute atomic E-state index is 0.343. The van der Waals surface area contributed by atoms with E-state index in [-0.39, 0.29) is 5.91 Å². The van der Waals surface area contributed by atoms with Gasteiger partial charge < -0.3 is 10.4 Å². The highest BCUT2D eigenvalue weighted by Crippen LogP contribution is 2.22.